The molecule has 6 nitrogen and oxygen atoms in total. The summed E-state index contributed by atoms with van der Waals surface area (Å²) in [7, 11) is 1.58. The van der Waals surface area contributed by atoms with Gasteiger partial charge < -0.3 is 19.1 Å². The zero-order valence-electron chi connectivity index (χ0n) is 17.0. The van der Waals surface area contributed by atoms with Gasteiger partial charge >= 0.3 is 5.97 Å². The summed E-state index contributed by atoms with van der Waals surface area (Å²) >= 11 is 6.28. The average molecular weight is 415 g/mol. The second-order valence-corrected chi connectivity index (χ2v) is 7.06. The molecule has 1 aromatic carbocycles. The predicted octanol–water partition coefficient (Wildman–Crippen LogP) is 4.95. The summed E-state index contributed by atoms with van der Waals surface area (Å²) in [5.74, 6) is -0.135. The summed E-state index contributed by atoms with van der Waals surface area (Å²) in [5.41, 5.74) is 4.58. The summed E-state index contributed by atoms with van der Waals surface area (Å²) in [6.07, 6.45) is 1.76. The molecule has 1 aliphatic heterocycles. The van der Waals surface area contributed by atoms with Crippen LogP contribution in [0.2, 0.25) is 5.02 Å². The largest absolute Gasteiger partial charge is 0.505 e. The molecule has 0 amide bonds. The number of halogens is 1. The summed E-state index contributed by atoms with van der Waals surface area (Å²) < 4.78 is 12.3. The van der Waals surface area contributed by atoms with Crippen molar-refractivity contribution in [3.8, 4) is 11.4 Å². The predicted molar refractivity (Wildman–Crippen MR) is 114 cm³/mol. The molecular weight excluding hydrogens is 392 g/mol. The fourth-order valence-corrected chi connectivity index (χ4v) is 3.66. The molecule has 0 bridgehead atoms. The van der Waals surface area contributed by atoms with E-state index in [1.165, 1.54) is 0 Å². The molecule has 0 atom stereocenters. The van der Waals surface area contributed by atoms with Gasteiger partial charge in [-0.15, -0.1) is 0 Å². The maximum absolute atomic E-state index is 12.1. The number of nitrogens with zero attached hydrogens (tertiary/aromatic N) is 2. The number of aliphatic imine (C=N–C) groups is 1. The molecule has 0 saturated carbocycles. The van der Waals surface area contributed by atoms with Crippen LogP contribution in [-0.2, 0) is 9.53 Å². The molecular formula is C22H23ClN2O4. The normalized spacial score (nSPS) is 15.1. The third kappa shape index (κ3) is 3.80. The van der Waals surface area contributed by atoms with E-state index >= 15 is 0 Å². The van der Waals surface area contributed by atoms with E-state index in [2.05, 4.69) is 9.56 Å². The standard InChI is InChI=1S/C22H23ClN2O4/c1-6-29-22(27)20-13(3)24-18(21(20)26)10-15-9-12(2)25(14(15)4)16-7-8-19(28-5)17(23)11-16/h7-11,26H,6H2,1-5H3/b18-10-. The highest BCUT2D eigenvalue weighted by molar-refractivity contribution is 6.32. The van der Waals surface area contributed by atoms with Gasteiger partial charge in [0.15, 0.2) is 5.76 Å². The van der Waals surface area contributed by atoms with Gasteiger partial charge in [0.1, 0.15) is 17.0 Å². The first-order valence-corrected chi connectivity index (χ1v) is 9.57. The number of aryl methyl sites for hydroxylation is 1. The summed E-state index contributed by atoms with van der Waals surface area (Å²) in [4.78, 5) is 16.4. The minimum absolute atomic E-state index is 0.105. The molecule has 0 unspecified atom stereocenters. The van der Waals surface area contributed by atoms with Gasteiger partial charge in [0.25, 0.3) is 0 Å². The molecule has 0 aliphatic carbocycles. The third-order valence-electron chi connectivity index (χ3n) is 4.77. The Bertz CT molecular complexity index is 1080. The minimum atomic E-state index is -0.576. The molecule has 3 rings (SSSR count). The molecule has 0 radical (unpaired) electrons. The number of esters is 1. The van der Waals surface area contributed by atoms with E-state index < -0.39 is 5.97 Å². The van der Waals surface area contributed by atoms with Crippen LogP contribution in [0.1, 0.15) is 30.8 Å². The molecule has 29 heavy (non-hydrogen) atoms. The number of hydrogen-bond acceptors (Lipinski definition) is 5. The maximum atomic E-state index is 12.1. The summed E-state index contributed by atoms with van der Waals surface area (Å²) in [5, 5.41) is 11.0. The van der Waals surface area contributed by atoms with Gasteiger partial charge in [-0.3, -0.25) is 0 Å². The van der Waals surface area contributed by atoms with Crippen molar-refractivity contribution in [2.75, 3.05) is 13.7 Å². The van der Waals surface area contributed by atoms with Crippen LogP contribution in [0.4, 0.5) is 0 Å². The Kier molecular flexibility index (Phi) is 5.84. The van der Waals surface area contributed by atoms with Crippen LogP contribution in [0.15, 0.2) is 46.3 Å². The molecule has 1 aliphatic rings. The number of carbonyl (C=O) groups is 1. The molecule has 2 aromatic rings. The number of ether oxygens (including phenoxy) is 2. The Morgan fingerprint density at radius 1 is 1.28 bits per heavy atom. The van der Waals surface area contributed by atoms with Gasteiger partial charge in [-0.25, -0.2) is 9.79 Å². The molecule has 0 saturated heterocycles. The van der Waals surface area contributed by atoms with Crippen molar-refractivity contribution in [2.45, 2.75) is 27.7 Å². The van der Waals surface area contributed by atoms with Crippen molar-refractivity contribution >= 4 is 29.4 Å². The summed E-state index contributed by atoms with van der Waals surface area (Å²) in [6, 6.07) is 7.57. The Hall–Kier alpha value is -2.99. The quantitative estimate of drug-likeness (QED) is 0.703. The van der Waals surface area contributed by atoms with E-state index in [1.54, 1.807) is 27.0 Å². The Labute approximate surface area is 174 Å². The van der Waals surface area contributed by atoms with E-state index in [4.69, 9.17) is 21.1 Å². The van der Waals surface area contributed by atoms with E-state index in [-0.39, 0.29) is 17.9 Å². The molecule has 0 spiro atoms. The average Bonchev–Trinajstić information content (AvgIpc) is 3.10. The Balaban J connectivity index is 2.03. The number of rotatable bonds is 5. The zero-order valence-corrected chi connectivity index (χ0v) is 17.8. The lowest BCUT2D eigenvalue weighted by Gasteiger charge is -2.12. The van der Waals surface area contributed by atoms with Gasteiger partial charge in [-0.05, 0) is 63.6 Å². The van der Waals surface area contributed by atoms with Crippen LogP contribution in [0.3, 0.4) is 0 Å². The van der Waals surface area contributed by atoms with Gasteiger partial charge in [0.2, 0.25) is 0 Å². The van der Waals surface area contributed by atoms with E-state index in [0.717, 1.165) is 22.6 Å². The molecule has 152 valence electrons. The highest BCUT2D eigenvalue weighted by Crippen LogP contribution is 2.31. The lowest BCUT2D eigenvalue weighted by atomic mass is 10.1. The smallest absolute Gasteiger partial charge is 0.343 e. The number of aliphatic hydroxyl groups excluding tert-OH is 1. The number of methoxy groups -OCH3 is 1. The van der Waals surface area contributed by atoms with Crippen molar-refractivity contribution in [2.24, 2.45) is 4.99 Å². The van der Waals surface area contributed by atoms with Gasteiger partial charge in [0, 0.05) is 17.1 Å². The molecule has 0 fully saturated rings. The zero-order chi connectivity index (χ0) is 21.3. The Morgan fingerprint density at radius 3 is 2.62 bits per heavy atom. The Morgan fingerprint density at radius 2 is 2.00 bits per heavy atom. The highest BCUT2D eigenvalue weighted by atomic mass is 35.5. The van der Waals surface area contributed by atoms with Crippen molar-refractivity contribution in [3.63, 3.8) is 0 Å². The lowest BCUT2D eigenvalue weighted by molar-refractivity contribution is -0.138. The van der Waals surface area contributed by atoms with Crippen LogP contribution in [0.5, 0.6) is 5.75 Å². The highest BCUT2D eigenvalue weighted by Gasteiger charge is 2.28. The van der Waals surface area contributed by atoms with E-state index in [0.29, 0.717) is 22.2 Å². The fourth-order valence-electron chi connectivity index (χ4n) is 3.41. The van der Waals surface area contributed by atoms with Crippen molar-refractivity contribution in [3.05, 3.63) is 63.3 Å². The monoisotopic (exact) mass is 414 g/mol. The number of aromatic nitrogens is 1. The van der Waals surface area contributed by atoms with Crippen LogP contribution in [0, 0.1) is 13.8 Å². The van der Waals surface area contributed by atoms with E-state index in [9.17, 15) is 9.90 Å². The third-order valence-corrected chi connectivity index (χ3v) is 5.06. The van der Waals surface area contributed by atoms with Crippen molar-refractivity contribution in [1.82, 2.24) is 4.57 Å². The number of aliphatic hydroxyl groups is 1. The molecule has 7 heteroatoms. The second kappa shape index (κ2) is 8.17. The fraction of sp³-hybridized carbons (Fsp3) is 0.273. The van der Waals surface area contributed by atoms with Crippen LogP contribution >= 0.6 is 11.6 Å². The minimum Gasteiger partial charge on any atom is -0.505 e. The SMILES string of the molecule is CCOC(=O)C1=C(O)/C(=C/c2cc(C)n(-c3ccc(OC)c(Cl)c3)c2C)N=C1C. The topological polar surface area (TPSA) is 73.0 Å². The maximum Gasteiger partial charge on any atom is 0.343 e. The van der Waals surface area contributed by atoms with Crippen molar-refractivity contribution < 1.29 is 19.4 Å². The number of benzene rings is 1. The molecule has 1 N–H and O–H groups in total. The summed E-state index contributed by atoms with van der Waals surface area (Å²) in [6.45, 7) is 7.57. The van der Waals surface area contributed by atoms with Crippen LogP contribution < -0.4 is 4.74 Å². The first-order chi connectivity index (χ1) is 13.8. The van der Waals surface area contributed by atoms with Crippen LogP contribution in [0.25, 0.3) is 11.8 Å². The first kappa shape index (κ1) is 20.7. The number of hydrogen-bond donors (Lipinski definition) is 1. The van der Waals surface area contributed by atoms with E-state index in [1.807, 2.05) is 38.1 Å². The second-order valence-electron chi connectivity index (χ2n) is 6.65. The first-order valence-electron chi connectivity index (χ1n) is 9.19. The van der Waals surface area contributed by atoms with Gasteiger partial charge in [-0.2, -0.15) is 0 Å². The van der Waals surface area contributed by atoms with Gasteiger partial charge in [0.05, 0.1) is 24.5 Å². The lowest BCUT2D eigenvalue weighted by Crippen LogP contribution is -2.13. The molecule has 2 heterocycles. The van der Waals surface area contributed by atoms with Gasteiger partial charge in [-0.1, -0.05) is 11.6 Å². The van der Waals surface area contributed by atoms with Crippen LogP contribution in [-0.4, -0.2) is 35.1 Å². The number of carbonyl (C=O) groups excluding carboxylic acids is 1. The molecule has 1 aromatic heterocycles. The van der Waals surface area contributed by atoms with Crippen molar-refractivity contribution in [1.29, 1.82) is 0 Å².